The van der Waals surface area contributed by atoms with Gasteiger partial charge in [-0.05, 0) is 25.0 Å². The Hall–Kier alpha value is -3.22. The topological polar surface area (TPSA) is 98.8 Å². The minimum Gasteiger partial charge on any atom is -0.463 e. The van der Waals surface area contributed by atoms with E-state index in [1.165, 1.54) is 6.08 Å². The van der Waals surface area contributed by atoms with Crippen LogP contribution in [0.1, 0.15) is 19.3 Å². The van der Waals surface area contributed by atoms with Crippen LogP contribution in [-0.2, 0) is 23.9 Å². The Morgan fingerprint density at radius 3 is 2.52 bits per heavy atom. The monoisotopic (exact) mass is 343 g/mol. The van der Waals surface area contributed by atoms with Crippen molar-refractivity contribution in [2.45, 2.75) is 19.3 Å². The number of hydrogen-bond donors (Lipinski definition) is 1. The van der Waals surface area contributed by atoms with E-state index in [1.54, 1.807) is 30.3 Å². The number of amides is 2. The molecule has 0 saturated heterocycles. The second-order valence-electron chi connectivity index (χ2n) is 5.23. The van der Waals surface area contributed by atoms with Crippen molar-refractivity contribution in [2.24, 2.45) is 0 Å². The fourth-order valence-corrected chi connectivity index (χ4v) is 2.12. The maximum atomic E-state index is 11.5. The average Bonchev–Trinajstić information content (AvgIpc) is 2.57. The Kier molecular flexibility index (Phi) is 6.65. The molecular formula is C18H17NO6. The number of rotatable bonds is 7. The van der Waals surface area contributed by atoms with Crippen molar-refractivity contribution in [3.8, 4) is 5.75 Å². The summed E-state index contributed by atoms with van der Waals surface area (Å²) >= 11 is 0. The van der Waals surface area contributed by atoms with E-state index in [2.05, 4.69) is 5.32 Å². The first-order chi connectivity index (χ1) is 12.0. The molecule has 1 N–H and O–H groups in total. The molecule has 25 heavy (non-hydrogen) atoms. The van der Waals surface area contributed by atoms with Gasteiger partial charge in [0.05, 0.1) is 6.61 Å². The third-order valence-electron chi connectivity index (χ3n) is 3.19. The summed E-state index contributed by atoms with van der Waals surface area (Å²) in [4.78, 5) is 45.4. The zero-order valence-corrected chi connectivity index (χ0v) is 13.4. The number of nitrogens with one attached hydrogen (secondary N) is 1. The van der Waals surface area contributed by atoms with E-state index in [4.69, 9.17) is 9.47 Å². The molecule has 2 rings (SSSR count). The van der Waals surface area contributed by atoms with E-state index in [0.717, 1.165) is 12.2 Å². The van der Waals surface area contributed by atoms with Crippen molar-refractivity contribution in [3.05, 3.63) is 54.1 Å². The number of carbonyl (C=O) groups excluding carboxylic acids is 4. The highest BCUT2D eigenvalue weighted by atomic mass is 16.5. The van der Waals surface area contributed by atoms with Gasteiger partial charge in [-0.3, -0.25) is 14.9 Å². The van der Waals surface area contributed by atoms with Gasteiger partial charge in [0, 0.05) is 24.6 Å². The van der Waals surface area contributed by atoms with Crippen LogP contribution in [0.15, 0.2) is 54.1 Å². The lowest BCUT2D eigenvalue weighted by Crippen LogP contribution is -2.32. The van der Waals surface area contributed by atoms with Crippen molar-refractivity contribution < 1.29 is 28.7 Å². The van der Waals surface area contributed by atoms with Crippen LogP contribution < -0.4 is 10.1 Å². The summed E-state index contributed by atoms with van der Waals surface area (Å²) in [6.07, 6.45) is 4.48. The fraction of sp³-hybridized carbons (Fsp3) is 0.222. The van der Waals surface area contributed by atoms with Crippen LogP contribution in [-0.4, -0.2) is 30.4 Å². The van der Waals surface area contributed by atoms with Crippen LogP contribution in [0.2, 0.25) is 0 Å². The van der Waals surface area contributed by atoms with Crippen molar-refractivity contribution in [2.75, 3.05) is 6.61 Å². The Morgan fingerprint density at radius 2 is 1.80 bits per heavy atom. The largest absolute Gasteiger partial charge is 0.463 e. The predicted molar refractivity (Wildman–Crippen MR) is 87.3 cm³/mol. The van der Waals surface area contributed by atoms with Crippen LogP contribution in [0.25, 0.3) is 0 Å². The van der Waals surface area contributed by atoms with E-state index >= 15 is 0 Å². The molecule has 0 atom stereocenters. The van der Waals surface area contributed by atoms with Crippen LogP contribution in [0.5, 0.6) is 5.75 Å². The number of imide groups is 1. The molecule has 1 heterocycles. The van der Waals surface area contributed by atoms with E-state index in [0.29, 0.717) is 24.2 Å². The molecule has 0 bridgehead atoms. The summed E-state index contributed by atoms with van der Waals surface area (Å²) in [5, 5.41) is 2.17. The second-order valence-corrected chi connectivity index (χ2v) is 5.23. The average molecular weight is 343 g/mol. The van der Waals surface area contributed by atoms with Gasteiger partial charge in [0.25, 0.3) is 5.91 Å². The highest BCUT2D eigenvalue weighted by Gasteiger charge is 2.15. The second kappa shape index (κ2) is 9.17. The maximum absolute atomic E-state index is 11.5. The van der Waals surface area contributed by atoms with Gasteiger partial charge in [0.15, 0.2) is 0 Å². The molecule has 2 amide bonds. The van der Waals surface area contributed by atoms with Crippen LogP contribution in [0, 0.1) is 0 Å². The third-order valence-corrected chi connectivity index (χ3v) is 3.19. The van der Waals surface area contributed by atoms with Crippen molar-refractivity contribution in [1.82, 2.24) is 5.32 Å². The normalized spacial score (nSPS) is 14.0. The summed E-state index contributed by atoms with van der Waals surface area (Å²) in [6, 6.07) is 8.47. The van der Waals surface area contributed by atoms with Gasteiger partial charge in [-0.1, -0.05) is 23.8 Å². The van der Waals surface area contributed by atoms with Gasteiger partial charge < -0.3 is 9.47 Å². The van der Waals surface area contributed by atoms with Gasteiger partial charge in [-0.15, -0.1) is 0 Å². The Labute approximate surface area is 144 Å². The highest BCUT2D eigenvalue weighted by molar-refractivity contribution is 6.05. The molecule has 1 aromatic rings. The molecule has 1 aliphatic heterocycles. The molecule has 1 aliphatic rings. The first-order valence-electron chi connectivity index (χ1n) is 7.68. The maximum Gasteiger partial charge on any atom is 0.336 e. The number of hydrogen-bond acceptors (Lipinski definition) is 6. The summed E-state index contributed by atoms with van der Waals surface area (Å²) in [5.74, 6) is -1.73. The standard InChI is InChI=1S/C18H17NO6/c20-15-11-13(12-16(21)19-15)5-4-10-24-17(22)8-9-18(23)25-14-6-2-1-3-7-14/h1-3,6-9,11H,4-5,10,12H2,(H,19,20,21)/b9-8+. The Bertz CT molecular complexity index is 720. The molecule has 0 spiro atoms. The van der Waals surface area contributed by atoms with Crippen LogP contribution >= 0.6 is 0 Å². The van der Waals surface area contributed by atoms with E-state index in [-0.39, 0.29) is 18.9 Å². The molecular weight excluding hydrogens is 326 g/mol. The van der Waals surface area contributed by atoms with Crippen molar-refractivity contribution in [1.29, 1.82) is 0 Å². The van der Waals surface area contributed by atoms with Gasteiger partial charge in [0.1, 0.15) is 5.75 Å². The quantitative estimate of drug-likeness (QED) is 0.264. The zero-order valence-electron chi connectivity index (χ0n) is 13.4. The third kappa shape index (κ3) is 6.82. The molecule has 7 heteroatoms. The lowest BCUT2D eigenvalue weighted by molar-refractivity contribution is -0.138. The number of esters is 2. The first-order valence-corrected chi connectivity index (χ1v) is 7.68. The summed E-state index contributed by atoms with van der Waals surface area (Å²) in [6.45, 7) is 0.115. The molecule has 130 valence electrons. The van der Waals surface area contributed by atoms with Gasteiger partial charge >= 0.3 is 11.9 Å². The van der Waals surface area contributed by atoms with E-state index < -0.39 is 17.8 Å². The summed E-state index contributed by atoms with van der Waals surface area (Å²) < 4.78 is 9.92. The van der Waals surface area contributed by atoms with Gasteiger partial charge in [-0.25, -0.2) is 9.59 Å². The Balaban J connectivity index is 1.66. The minimum absolute atomic E-state index is 0.115. The van der Waals surface area contributed by atoms with Crippen LogP contribution in [0.3, 0.4) is 0 Å². The van der Waals surface area contributed by atoms with Crippen LogP contribution in [0.4, 0.5) is 0 Å². The first kappa shape index (κ1) is 18.1. The Morgan fingerprint density at radius 1 is 1.08 bits per heavy atom. The van der Waals surface area contributed by atoms with Gasteiger partial charge in [-0.2, -0.15) is 0 Å². The number of carbonyl (C=O) groups is 4. The molecule has 0 unspecified atom stereocenters. The lowest BCUT2D eigenvalue weighted by Gasteiger charge is -2.12. The smallest absolute Gasteiger partial charge is 0.336 e. The van der Waals surface area contributed by atoms with E-state index in [1.807, 2.05) is 0 Å². The molecule has 0 fully saturated rings. The molecule has 0 aliphatic carbocycles. The van der Waals surface area contributed by atoms with Gasteiger partial charge in [0.2, 0.25) is 5.91 Å². The molecule has 7 nitrogen and oxygen atoms in total. The molecule has 0 aromatic heterocycles. The zero-order chi connectivity index (χ0) is 18.1. The van der Waals surface area contributed by atoms with Crippen molar-refractivity contribution >= 4 is 23.8 Å². The molecule has 1 aromatic carbocycles. The van der Waals surface area contributed by atoms with E-state index in [9.17, 15) is 19.2 Å². The van der Waals surface area contributed by atoms with Crippen molar-refractivity contribution in [3.63, 3.8) is 0 Å². The SMILES string of the molecule is O=C1C=C(CCCOC(=O)/C=C/C(=O)Oc2ccccc2)CC(=O)N1. The number of para-hydroxylation sites is 1. The molecule has 0 radical (unpaired) electrons. The number of benzene rings is 1. The fourth-order valence-electron chi connectivity index (χ4n) is 2.12. The highest BCUT2D eigenvalue weighted by Crippen LogP contribution is 2.13. The lowest BCUT2D eigenvalue weighted by atomic mass is 10.0. The minimum atomic E-state index is -0.681. The predicted octanol–water partition coefficient (Wildman–Crippen LogP) is 1.44. The summed E-state index contributed by atoms with van der Waals surface area (Å²) in [7, 11) is 0. The number of ether oxygens (including phenoxy) is 2. The summed E-state index contributed by atoms with van der Waals surface area (Å²) in [5.41, 5.74) is 0.701. The molecule has 0 saturated carbocycles.